The number of hydrogen-bond donors (Lipinski definition) is 0. The summed E-state index contributed by atoms with van der Waals surface area (Å²) in [5, 5.41) is 8.89. The summed E-state index contributed by atoms with van der Waals surface area (Å²) in [5.74, 6) is 0.597. The van der Waals surface area contributed by atoms with Crippen LogP contribution in [0.2, 0.25) is 5.28 Å². The zero-order valence-corrected chi connectivity index (χ0v) is 14.3. The molecule has 3 aromatic rings. The van der Waals surface area contributed by atoms with Crippen LogP contribution in [0, 0.1) is 11.3 Å². The van der Waals surface area contributed by atoms with Gasteiger partial charge in [0.15, 0.2) is 11.2 Å². The second kappa shape index (κ2) is 6.45. The zero-order chi connectivity index (χ0) is 18.1. The van der Waals surface area contributed by atoms with E-state index in [0.29, 0.717) is 11.3 Å². The summed E-state index contributed by atoms with van der Waals surface area (Å²) in [6.07, 6.45) is 0. The molecule has 0 saturated heterocycles. The van der Waals surface area contributed by atoms with Gasteiger partial charge >= 0.3 is 5.69 Å². The van der Waals surface area contributed by atoms with Crippen molar-refractivity contribution < 1.29 is 4.74 Å². The third-order valence-electron chi connectivity index (χ3n) is 3.87. The van der Waals surface area contributed by atoms with Crippen LogP contribution in [0.4, 0.5) is 0 Å². The fourth-order valence-electron chi connectivity index (χ4n) is 2.50. The highest BCUT2D eigenvalue weighted by atomic mass is 35.5. The number of nitrogens with zero attached hydrogens (tertiary/aromatic N) is 5. The molecule has 0 fully saturated rings. The van der Waals surface area contributed by atoms with Crippen LogP contribution < -0.4 is 16.0 Å². The second-order valence-electron chi connectivity index (χ2n) is 5.40. The largest absolute Gasteiger partial charge is 0.492 e. The average Bonchev–Trinajstić information content (AvgIpc) is 2.95. The molecule has 0 aliphatic carbocycles. The highest BCUT2D eigenvalue weighted by Gasteiger charge is 2.17. The van der Waals surface area contributed by atoms with Crippen molar-refractivity contribution in [2.75, 3.05) is 6.61 Å². The van der Waals surface area contributed by atoms with E-state index in [2.05, 4.69) is 4.98 Å². The normalized spacial score (nSPS) is 10.8. The van der Waals surface area contributed by atoms with E-state index < -0.39 is 11.2 Å². The van der Waals surface area contributed by atoms with E-state index in [1.54, 1.807) is 24.3 Å². The highest BCUT2D eigenvalue weighted by Crippen LogP contribution is 2.16. The number of aromatic nitrogens is 4. The first-order valence-electron chi connectivity index (χ1n) is 7.38. The van der Waals surface area contributed by atoms with Crippen molar-refractivity contribution in [1.82, 2.24) is 18.7 Å². The molecule has 0 aliphatic heterocycles. The molecule has 0 amide bonds. The van der Waals surface area contributed by atoms with Crippen molar-refractivity contribution in [3.8, 4) is 11.8 Å². The second-order valence-corrected chi connectivity index (χ2v) is 5.73. The summed E-state index contributed by atoms with van der Waals surface area (Å²) < 4.78 is 9.42. The molecule has 128 valence electrons. The van der Waals surface area contributed by atoms with E-state index in [-0.39, 0.29) is 29.6 Å². The molecule has 3 rings (SSSR count). The molecule has 0 bridgehead atoms. The number of aryl methyl sites for hydroxylation is 1. The first kappa shape index (κ1) is 16.8. The summed E-state index contributed by atoms with van der Waals surface area (Å²) in [4.78, 5) is 28.5. The third kappa shape index (κ3) is 2.90. The van der Waals surface area contributed by atoms with Gasteiger partial charge in [-0.1, -0.05) is 0 Å². The molecule has 0 unspecified atom stereocenters. The molecular formula is C16H14ClN5O3. The van der Waals surface area contributed by atoms with Gasteiger partial charge in [-0.05, 0) is 35.9 Å². The smallest absolute Gasteiger partial charge is 0.332 e. The van der Waals surface area contributed by atoms with Crippen molar-refractivity contribution >= 4 is 22.8 Å². The van der Waals surface area contributed by atoms with Gasteiger partial charge in [0, 0.05) is 14.1 Å². The molecular weight excluding hydrogens is 346 g/mol. The maximum atomic E-state index is 12.4. The van der Waals surface area contributed by atoms with E-state index in [0.717, 1.165) is 4.57 Å². The van der Waals surface area contributed by atoms with Crippen LogP contribution in [-0.2, 0) is 20.6 Å². The van der Waals surface area contributed by atoms with Crippen LogP contribution in [0.5, 0.6) is 5.75 Å². The Hall–Kier alpha value is -3.05. The molecule has 0 aliphatic rings. The Kier molecular flexibility index (Phi) is 4.33. The number of ether oxygens (including phenoxy) is 1. The van der Waals surface area contributed by atoms with E-state index in [4.69, 9.17) is 21.6 Å². The van der Waals surface area contributed by atoms with Gasteiger partial charge in [-0.25, -0.2) is 4.79 Å². The quantitative estimate of drug-likeness (QED) is 0.648. The lowest BCUT2D eigenvalue weighted by atomic mass is 10.2. The molecule has 1 aromatic carbocycles. The number of fused-ring (bicyclic) bond motifs is 1. The Morgan fingerprint density at radius 1 is 1.20 bits per heavy atom. The minimum absolute atomic E-state index is 0.108. The minimum atomic E-state index is -0.465. The summed E-state index contributed by atoms with van der Waals surface area (Å²) in [6, 6.07) is 8.72. The third-order valence-corrected chi connectivity index (χ3v) is 4.16. The van der Waals surface area contributed by atoms with Gasteiger partial charge in [-0.15, -0.1) is 0 Å². The Bertz CT molecular complexity index is 1100. The molecule has 8 nitrogen and oxygen atoms in total. The summed E-state index contributed by atoms with van der Waals surface area (Å²) in [7, 11) is 2.94. The molecule has 0 N–H and O–H groups in total. The summed E-state index contributed by atoms with van der Waals surface area (Å²) in [5.41, 5.74) is 0.0958. The zero-order valence-electron chi connectivity index (χ0n) is 13.6. The standard InChI is InChI=1S/C16H14ClN5O3/c1-20-13-12(14(23)21(2)16(20)24)22(15(17)19-13)7-8-25-11-5-3-10(9-18)4-6-11/h3-6H,7-8H2,1-2H3. The number of rotatable bonds is 4. The van der Waals surface area contributed by atoms with Crippen LogP contribution in [0.25, 0.3) is 11.2 Å². The van der Waals surface area contributed by atoms with Crippen LogP contribution in [0.15, 0.2) is 33.9 Å². The lowest BCUT2D eigenvalue weighted by molar-refractivity contribution is 0.300. The Balaban J connectivity index is 1.89. The number of benzene rings is 1. The van der Waals surface area contributed by atoms with E-state index >= 15 is 0 Å². The van der Waals surface area contributed by atoms with E-state index in [1.165, 1.54) is 23.2 Å². The topological polar surface area (TPSA) is 94.8 Å². The Labute approximate surface area is 147 Å². The first-order chi connectivity index (χ1) is 11.9. The van der Waals surface area contributed by atoms with Crippen molar-refractivity contribution in [3.63, 3.8) is 0 Å². The van der Waals surface area contributed by atoms with Gasteiger partial charge in [0.05, 0.1) is 18.2 Å². The number of nitriles is 1. The summed E-state index contributed by atoms with van der Waals surface area (Å²) >= 11 is 6.13. The molecule has 0 atom stereocenters. The highest BCUT2D eigenvalue weighted by molar-refractivity contribution is 6.29. The molecule has 2 heterocycles. The van der Waals surface area contributed by atoms with Gasteiger partial charge in [0.1, 0.15) is 12.4 Å². The number of imidazole rings is 1. The van der Waals surface area contributed by atoms with Crippen molar-refractivity contribution in [3.05, 3.63) is 56.0 Å². The summed E-state index contributed by atoms with van der Waals surface area (Å²) in [6.45, 7) is 0.520. The lowest BCUT2D eigenvalue weighted by Crippen LogP contribution is -2.37. The van der Waals surface area contributed by atoms with Crippen molar-refractivity contribution in [1.29, 1.82) is 5.26 Å². The molecule has 0 spiro atoms. The van der Waals surface area contributed by atoms with E-state index in [1.807, 2.05) is 6.07 Å². The average molecular weight is 360 g/mol. The van der Waals surface area contributed by atoms with Crippen LogP contribution in [0.1, 0.15) is 5.56 Å². The SMILES string of the molecule is Cn1c(=O)c2c(nc(Cl)n2CCOc2ccc(C#N)cc2)n(C)c1=O. The van der Waals surface area contributed by atoms with Crippen LogP contribution in [0.3, 0.4) is 0 Å². The fourth-order valence-corrected chi connectivity index (χ4v) is 2.75. The van der Waals surface area contributed by atoms with Crippen molar-refractivity contribution in [2.24, 2.45) is 14.1 Å². The first-order valence-corrected chi connectivity index (χ1v) is 7.76. The van der Waals surface area contributed by atoms with Gasteiger partial charge in [-0.3, -0.25) is 13.9 Å². The number of hydrogen-bond acceptors (Lipinski definition) is 5. The Morgan fingerprint density at radius 2 is 1.88 bits per heavy atom. The molecule has 25 heavy (non-hydrogen) atoms. The van der Waals surface area contributed by atoms with E-state index in [9.17, 15) is 9.59 Å². The van der Waals surface area contributed by atoms with Gasteiger partial charge in [0.2, 0.25) is 5.28 Å². The molecule has 9 heteroatoms. The van der Waals surface area contributed by atoms with Gasteiger partial charge < -0.3 is 9.30 Å². The van der Waals surface area contributed by atoms with Crippen LogP contribution >= 0.6 is 11.6 Å². The maximum absolute atomic E-state index is 12.4. The predicted octanol–water partition coefficient (Wildman–Crippen LogP) is 1.04. The predicted molar refractivity (Wildman–Crippen MR) is 91.9 cm³/mol. The molecule has 2 aromatic heterocycles. The maximum Gasteiger partial charge on any atom is 0.332 e. The van der Waals surface area contributed by atoms with Crippen molar-refractivity contribution in [2.45, 2.75) is 6.54 Å². The monoisotopic (exact) mass is 359 g/mol. The Morgan fingerprint density at radius 3 is 2.52 bits per heavy atom. The number of halogens is 1. The molecule has 0 radical (unpaired) electrons. The lowest BCUT2D eigenvalue weighted by Gasteiger charge is -2.09. The molecule has 0 saturated carbocycles. The van der Waals surface area contributed by atoms with Gasteiger partial charge in [0.25, 0.3) is 5.56 Å². The fraction of sp³-hybridized carbons (Fsp3) is 0.250. The minimum Gasteiger partial charge on any atom is -0.492 e. The van der Waals surface area contributed by atoms with Gasteiger partial charge in [-0.2, -0.15) is 10.2 Å². The van der Waals surface area contributed by atoms with Crippen LogP contribution in [-0.4, -0.2) is 25.3 Å².